The van der Waals surface area contributed by atoms with Crippen LogP contribution in [0.2, 0.25) is 0 Å². The molecule has 0 saturated carbocycles. The molecule has 2 heteroatoms. The van der Waals surface area contributed by atoms with Crippen molar-refractivity contribution >= 4 is 0 Å². The molecule has 84 valence electrons. The van der Waals surface area contributed by atoms with E-state index >= 15 is 0 Å². The quantitative estimate of drug-likeness (QED) is 0.722. The van der Waals surface area contributed by atoms with E-state index in [-0.39, 0.29) is 0 Å². The minimum absolute atomic E-state index is 0.394. The molecule has 0 aliphatic carbocycles. The molecular weight excluding hydrogens is 186 g/mol. The molecule has 15 heavy (non-hydrogen) atoms. The summed E-state index contributed by atoms with van der Waals surface area (Å²) in [6.45, 7) is 10.9. The summed E-state index contributed by atoms with van der Waals surface area (Å²) in [5, 5.41) is 3.48. The fourth-order valence-corrected chi connectivity index (χ4v) is 1.89. The van der Waals surface area contributed by atoms with Crippen LogP contribution >= 0.6 is 0 Å². The van der Waals surface area contributed by atoms with Crippen molar-refractivity contribution < 1.29 is 4.42 Å². The van der Waals surface area contributed by atoms with E-state index < -0.39 is 0 Å². The lowest BCUT2D eigenvalue weighted by molar-refractivity contribution is 0.476. The van der Waals surface area contributed by atoms with Crippen molar-refractivity contribution in [2.24, 2.45) is 0 Å². The van der Waals surface area contributed by atoms with Crippen LogP contribution in [0.15, 0.2) is 23.1 Å². The van der Waals surface area contributed by atoms with Gasteiger partial charge in [-0.25, -0.2) is 0 Å². The van der Waals surface area contributed by atoms with Crippen LogP contribution in [0.3, 0.4) is 0 Å². The summed E-state index contributed by atoms with van der Waals surface area (Å²) in [5.74, 6) is 2.02. The Bertz CT molecular complexity index is 314. The van der Waals surface area contributed by atoms with Crippen LogP contribution in [0.5, 0.6) is 0 Å². The third kappa shape index (κ3) is 3.24. The van der Waals surface area contributed by atoms with Crippen LogP contribution in [0.4, 0.5) is 0 Å². The molecule has 0 saturated heterocycles. The third-order valence-electron chi connectivity index (χ3n) is 2.56. The Balaban J connectivity index is 2.77. The molecule has 0 spiro atoms. The second-order valence-electron chi connectivity index (χ2n) is 3.84. The second kappa shape index (κ2) is 5.76. The van der Waals surface area contributed by atoms with Gasteiger partial charge in [-0.1, -0.05) is 13.0 Å². The van der Waals surface area contributed by atoms with E-state index in [1.54, 1.807) is 0 Å². The molecule has 1 aromatic heterocycles. The Morgan fingerprint density at radius 2 is 2.27 bits per heavy atom. The van der Waals surface area contributed by atoms with E-state index in [0.29, 0.717) is 6.04 Å². The molecule has 0 amide bonds. The predicted octanol–water partition coefficient (Wildman–Crippen LogP) is 3.51. The number of rotatable bonds is 6. The van der Waals surface area contributed by atoms with E-state index in [0.717, 1.165) is 30.9 Å². The Morgan fingerprint density at radius 3 is 2.73 bits per heavy atom. The SMILES string of the molecule is C=CCCC(NCC)c1cc(C)oc1C. The molecule has 1 rings (SSSR count). The van der Waals surface area contributed by atoms with Crippen LogP contribution in [0.1, 0.15) is 42.9 Å². The van der Waals surface area contributed by atoms with Crippen LogP contribution in [0.25, 0.3) is 0 Å². The topological polar surface area (TPSA) is 25.2 Å². The summed E-state index contributed by atoms with van der Waals surface area (Å²) in [7, 11) is 0. The van der Waals surface area contributed by atoms with E-state index in [1.807, 2.05) is 19.9 Å². The number of nitrogens with one attached hydrogen (secondary N) is 1. The highest BCUT2D eigenvalue weighted by atomic mass is 16.3. The molecule has 1 N–H and O–H groups in total. The molecule has 2 nitrogen and oxygen atoms in total. The highest BCUT2D eigenvalue weighted by Crippen LogP contribution is 2.25. The van der Waals surface area contributed by atoms with Crippen molar-refractivity contribution in [3.05, 3.63) is 35.8 Å². The molecule has 0 aliphatic rings. The largest absolute Gasteiger partial charge is 0.466 e. The van der Waals surface area contributed by atoms with Gasteiger partial charge in [0.25, 0.3) is 0 Å². The van der Waals surface area contributed by atoms with Crippen molar-refractivity contribution in [2.45, 2.75) is 39.7 Å². The van der Waals surface area contributed by atoms with Crippen molar-refractivity contribution in [2.75, 3.05) is 6.54 Å². The van der Waals surface area contributed by atoms with Gasteiger partial charge in [-0.05, 0) is 39.3 Å². The third-order valence-corrected chi connectivity index (χ3v) is 2.56. The molecule has 0 aliphatic heterocycles. The van der Waals surface area contributed by atoms with Gasteiger partial charge in [-0.3, -0.25) is 0 Å². The minimum atomic E-state index is 0.394. The van der Waals surface area contributed by atoms with E-state index in [4.69, 9.17) is 4.42 Å². The summed E-state index contributed by atoms with van der Waals surface area (Å²) in [5.41, 5.74) is 1.29. The van der Waals surface area contributed by atoms with Crippen molar-refractivity contribution in [3.8, 4) is 0 Å². The molecule has 1 unspecified atom stereocenters. The van der Waals surface area contributed by atoms with Gasteiger partial charge in [0, 0.05) is 11.6 Å². The average Bonchev–Trinajstić information content (AvgIpc) is 2.52. The first kappa shape index (κ1) is 12.1. The second-order valence-corrected chi connectivity index (χ2v) is 3.84. The van der Waals surface area contributed by atoms with Gasteiger partial charge in [0.05, 0.1) is 0 Å². The smallest absolute Gasteiger partial charge is 0.105 e. The van der Waals surface area contributed by atoms with Crippen LogP contribution in [-0.2, 0) is 0 Å². The molecule has 1 heterocycles. The summed E-state index contributed by atoms with van der Waals surface area (Å²) < 4.78 is 5.56. The lowest BCUT2D eigenvalue weighted by atomic mass is 10.0. The summed E-state index contributed by atoms with van der Waals surface area (Å²) in [4.78, 5) is 0. The summed E-state index contributed by atoms with van der Waals surface area (Å²) in [6.07, 6.45) is 4.07. The molecule has 0 radical (unpaired) electrons. The van der Waals surface area contributed by atoms with Crippen LogP contribution in [-0.4, -0.2) is 6.54 Å². The Hall–Kier alpha value is -1.02. The maximum atomic E-state index is 5.56. The first-order valence-electron chi connectivity index (χ1n) is 5.60. The molecule has 0 aromatic carbocycles. The zero-order valence-electron chi connectivity index (χ0n) is 9.97. The number of furan rings is 1. The van der Waals surface area contributed by atoms with Gasteiger partial charge in [0.1, 0.15) is 11.5 Å². The van der Waals surface area contributed by atoms with Gasteiger partial charge < -0.3 is 9.73 Å². The van der Waals surface area contributed by atoms with Crippen molar-refractivity contribution in [1.29, 1.82) is 0 Å². The number of allylic oxidation sites excluding steroid dienone is 1. The maximum Gasteiger partial charge on any atom is 0.105 e. The fraction of sp³-hybridized carbons (Fsp3) is 0.538. The first-order valence-corrected chi connectivity index (χ1v) is 5.60. The summed E-state index contributed by atoms with van der Waals surface area (Å²) >= 11 is 0. The van der Waals surface area contributed by atoms with Crippen LogP contribution in [0, 0.1) is 13.8 Å². The number of hydrogen-bond donors (Lipinski definition) is 1. The van der Waals surface area contributed by atoms with Gasteiger partial charge in [0.15, 0.2) is 0 Å². The molecular formula is C13H21NO. The lowest BCUT2D eigenvalue weighted by Crippen LogP contribution is -2.20. The summed E-state index contributed by atoms with van der Waals surface area (Å²) in [6, 6.07) is 2.52. The molecule has 1 aromatic rings. The lowest BCUT2D eigenvalue weighted by Gasteiger charge is -2.16. The fourth-order valence-electron chi connectivity index (χ4n) is 1.89. The zero-order valence-corrected chi connectivity index (χ0v) is 9.97. The number of hydrogen-bond acceptors (Lipinski definition) is 2. The van der Waals surface area contributed by atoms with Gasteiger partial charge in [-0.2, -0.15) is 0 Å². The highest BCUT2D eigenvalue weighted by molar-refractivity contribution is 5.24. The van der Waals surface area contributed by atoms with E-state index in [1.165, 1.54) is 5.56 Å². The zero-order chi connectivity index (χ0) is 11.3. The number of aryl methyl sites for hydroxylation is 2. The standard InChI is InChI=1S/C13H21NO/c1-5-7-8-13(14-6-2)12-9-10(3)15-11(12)4/h5,9,13-14H,1,6-8H2,2-4H3. The highest BCUT2D eigenvalue weighted by Gasteiger charge is 2.15. The Labute approximate surface area is 92.4 Å². The van der Waals surface area contributed by atoms with E-state index in [2.05, 4.69) is 24.9 Å². The first-order chi connectivity index (χ1) is 7.19. The molecule has 1 atom stereocenters. The normalized spacial score (nSPS) is 12.7. The van der Waals surface area contributed by atoms with Crippen molar-refractivity contribution in [1.82, 2.24) is 5.32 Å². The van der Waals surface area contributed by atoms with Gasteiger partial charge in [-0.15, -0.1) is 6.58 Å². The monoisotopic (exact) mass is 207 g/mol. The van der Waals surface area contributed by atoms with E-state index in [9.17, 15) is 0 Å². The van der Waals surface area contributed by atoms with Crippen molar-refractivity contribution in [3.63, 3.8) is 0 Å². The van der Waals surface area contributed by atoms with Gasteiger partial charge in [0.2, 0.25) is 0 Å². The average molecular weight is 207 g/mol. The van der Waals surface area contributed by atoms with Gasteiger partial charge >= 0.3 is 0 Å². The van der Waals surface area contributed by atoms with Crippen LogP contribution < -0.4 is 5.32 Å². The molecule has 0 bridgehead atoms. The molecule has 0 fully saturated rings. The Morgan fingerprint density at radius 1 is 1.53 bits per heavy atom. The maximum absolute atomic E-state index is 5.56. The Kier molecular flexibility index (Phi) is 4.63. The minimum Gasteiger partial charge on any atom is -0.466 e. The predicted molar refractivity (Wildman–Crippen MR) is 64.0 cm³/mol.